The number of amides is 1. The van der Waals surface area contributed by atoms with Gasteiger partial charge in [-0.1, -0.05) is 23.4 Å². The van der Waals surface area contributed by atoms with Crippen molar-refractivity contribution in [2.75, 3.05) is 11.9 Å². The average molecular weight is 390 g/mol. The molecule has 1 amide bonds. The second-order valence-electron chi connectivity index (χ2n) is 5.97. The number of rotatable bonds is 6. The van der Waals surface area contributed by atoms with E-state index in [1.165, 1.54) is 24.3 Å². The molecule has 0 aliphatic rings. The highest BCUT2D eigenvalue weighted by Crippen LogP contribution is 2.28. The Morgan fingerprint density at radius 3 is 2.62 bits per heavy atom. The summed E-state index contributed by atoms with van der Waals surface area (Å²) in [4.78, 5) is 20.8. The van der Waals surface area contributed by atoms with Crippen LogP contribution in [-0.2, 0) is 4.79 Å². The zero-order chi connectivity index (χ0) is 20.1. The summed E-state index contributed by atoms with van der Waals surface area (Å²) >= 11 is 0. The molecule has 2 aromatic carbocycles. The Labute approximate surface area is 165 Å². The molecule has 1 N–H and O–H groups in total. The standard InChI is InChI=1S/C21H15FN4O3/c22-14-8-10-15(11-9-14)28-13-19(27)24-17-6-2-1-5-16(17)21-25-20(26-29-21)18-7-3-4-12-23-18/h1-12H,13H2,(H,24,27). The molecule has 4 rings (SSSR count). The Kier molecular flexibility index (Phi) is 5.24. The summed E-state index contributed by atoms with van der Waals surface area (Å²) in [5.74, 6) is 0.237. The Morgan fingerprint density at radius 2 is 1.83 bits per heavy atom. The normalized spacial score (nSPS) is 10.5. The second kappa shape index (κ2) is 8.30. The van der Waals surface area contributed by atoms with E-state index >= 15 is 0 Å². The number of halogens is 1. The molecule has 0 aliphatic heterocycles. The summed E-state index contributed by atoms with van der Waals surface area (Å²) < 4.78 is 23.6. The van der Waals surface area contributed by atoms with Gasteiger partial charge in [0, 0.05) is 6.20 Å². The number of carbonyl (C=O) groups is 1. The number of nitrogens with one attached hydrogen (secondary N) is 1. The van der Waals surface area contributed by atoms with Gasteiger partial charge in [-0.15, -0.1) is 0 Å². The van der Waals surface area contributed by atoms with E-state index in [9.17, 15) is 9.18 Å². The molecule has 0 fully saturated rings. The molecule has 2 aromatic heterocycles. The summed E-state index contributed by atoms with van der Waals surface area (Å²) in [5.41, 5.74) is 1.64. The van der Waals surface area contributed by atoms with Gasteiger partial charge in [-0.3, -0.25) is 9.78 Å². The number of nitrogens with zero attached hydrogens (tertiary/aromatic N) is 3. The van der Waals surface area contributed by atoms with Crippen molar-refractivity contribution in [1.82, 2.24) is 15.1 Å². The lowest BCUT2D eigenvalue weighted by atomic mass is 10.1. The topological polar surface area (TPSA) is 90.1 Å². The minimum Gasteiger partial charge on any atom is -0.484 e. The molecule has 4 aromatic rings. The zero-order valence-corrected chi connectivity index (χ0v) is 15.1. The van der Waals surface area contributed by atoms with Gasteiger partial charge in [0.05, 0.1) is 11.3 Å². The van der Waals surface area contributed by atoms with Gasteiger partial charge >= 0.3 is 0 Å². The van der Waals surface area contributed by atoms with Crippen LogP contribution in [0.2, 0.25) is 0 Å². The fourth-order valence-corrected chi connectivity index (χ4v) is 2.58. The molecule has 0 radical (unpaired) electrons. The van der Waals surface area contributed by atoms with Crippen LogP contribution in [0.3, 0.4) is 0 Å². The first kappa shape index (κ1) is 18.3. The third-order valence-electron chi connectivity index (χ3n) is 3.94. The Morgan fingerprint density at radius 1 is 1.03 bits per heavy atom. The molecular weight excluding hydrogens is 375 g/mol. The SMILES string of the molecule is O=C(COc1ccc(F)cc1)Nc1ccccc1-c1nc(-c2ccccn2)no1. The van der Waals surface area contributed by atoms with Gasteiger partial charge in [0.1, 0.15) is 17.3 Å². The molecule has 0 atom stereocenters. The van der Waals surface area contributed by atoms with Crippen LogP contribution in [-0.4, -0.2) is 27.6 Å². The number of aromatic nitrogens is 3. The van der Waals surface area contributed by atoms with Gasteiger partial charge in [-0.2, -0.15) is 4.98 Å². The number of para-hydroxylation sites is 1. The average Bonchev–Trinajstić information content (AvgIpc) is 3.24. The van der Waals surface area contributed by atoms with Crippen LogP contribution >= 0.6 is 0 Å². The number of benzene rings is 2. The van der Waals surface area contributed by atoms with Crippen molar-refractivity contribution in [2.45, 2.75) is 0 Å². The summed E-state index contributed by atoms with van der Waals surface area (Å²) in [6, 6.07) is 17.9. The molecule has 0 spiro atoms. The van der Waals surface area contributed by atoms with Gasteiger partial charge < -0.3 is 14.6 Å². The molecule has 0 aliphatic carbocycles. The number of anilines is 1. The number of hydrogen-bond donors (Lipinski definition) is 1. The van der Waals surface area contributed by atoms with Crippen molar-refractivity contribution in [3.63, 3.8) is 0 Å². The predicted molar refractivity (Wildman–Crippen MR) is 103 cm³/mol. The fraction of sp³-hybridized carbons (Fsp3) is 0.0476. The van der Waals surface area contributed by atoms with Gasteiger partial charge in [0.25, 0.3) is 11.8 Å². The number of pyridine rings is 1. The van der Waals surface area contributed by atoms with Crippen LogP contribution in [0.25, 0.3) is 23.0 Å². The van der Waals surface area contributed by atoms with E-state index in [-0.39, 0.29) is 24.2 Å². The Bertz CT molecular complexity index is 1110. The number of hydrogen-bond acceptors (Lipinski definition) is 6. The van der Waals surface area contributed by atoms with Crippen molar-refractivity contribution in [1.29, 1.82) is 0 Å². The highest BCUT2D eigenvalue weighted by Gasteiger charge is 2.16. The van der Waals surface area contributed by atoms with Crippen molar-refractivity contribution < 1.29 is 18.4 Å². The van der Waals surface area contributed by atoms with Crippen molar-refractivity contribution in [2.24, 2.45) is 0 Å². The van der Waals surface area contributed by atoms with Gasteiger partial charge in [0.2, 0.25) is 5.82 Å². The van der Waals surface area contributed by atoms with Crippen LogP contribution in [0, 0.1) is 5.82 Å². The van der Waals surface area contributed by atoms with Crippen LogP contribution in [0.1, 0.15) is 0 Å². The monoisotopic (exact) mass is 390 g/mol. The second-order valence-corrected chi connectivity index (χ2v) is 5.97. The van der Waals surface area contributed by atoms with E-state index in [2.05, 4.69) is 20.4 Å². The maximum atomic E-state index is 12.9. The molecule has 144 valence electrons. The molecule has 0 unspecified atom stereocenters. The summed E-state index contributed by atoms with van der Waals surface area (Å²) in [6.07, 6.45) is 1.64. The Balaban J connectivity index is 1.48. The first-order valence-electron chi connectivity index (χ1n) is 8.72. The summed E-state index contributed by atoms with van der Waals surface area (Å²) in [7, 11) is 0. The highest BCUT2D eigenvalue weighted by atomic mass is 19.1. The van der Waals surface area contributed by atoms with E-state index in [1.807, 2.05) is 6.07 Å². The first-order valence-corrected chi connectivity index (χ1v) is 8.72. The van der Waals surface area contributed by atoms with Crippen LogP contribution < -0.4 is 10.1 Å². The maximum Gasteiger partial charge on any atom is 0.262 e. The number of ether oxygens (including phenoxy) is 1. The van der Waals surface area contributed by atoms with E-state index in [0.717, 1.165) is 0 Å². The van der Waals surface area contributed by atoms with Crippen molar-refractivity contribution in [3.8, 4) is 28.7 Å². The molecule has 0 bridgehead atoms. The number of carbonyl (C=O) groups excluding carboxylic acids is 1. The van der Waals surface area contributed by atoms with E-state index in [0.29, 0.717) is 28.5 Å². The molecule has 0 saturated heterocycles. The van der Waals surface area contributed by atoms with Gasteiger partial charge in [-0.05, 0) is 48.5 Å². The van der Waals surface area contributed by atoms with Crippen LogP contribution in [0.4, 0.5) is 10.1 Å². The van der Waals surface area contributed by atoms with Crippen molar-refractivity contribution in [3.05, 3.63) is 78.7 Å². The van der Waals surface area contributed by atoms with E-state index < -0.39 is 0 Å². The van der Waals surface area contributed by atoms with Gasteiger partial charge in [0.15, 0.2) is 6.61 Å². The molecule has 7 nitrogen and oxygen atoms in total. The largest absolute Gasteiger partial charge is 0.484 e. The molecule has 0 saturated carbocycles. The zero-order valence-electron chi connectivity index (χ0n) is 15.1. The van der Waals surface area contributed by atoms with Gasteiger partial charge in [-0.25, -0.2) is 4.39 Å². The lowest BCUT2D eigenvalue weighted by Gasteiger charge is -2.09. The third kappa shape index (κ3) is 4.44. The first-order chi connectivity index (χ1) is 14.2. The fourth-order valence-electron chi connectivity index (χ4n) is 2.58. The molecule has 29 heavy (non-hydrogen) atoms. The smallest absolute Gasteiger partial charge is 0.262 e. The Hall–Kier alpha value is -4.07. The third-order valence-corrected chi connectivity index (χ3v) is 3.94. The molecule has 8 heteroatoms. The minimum absolute atomic E-state index is 0.233. The minimum atomic E-state index is -0.383. The summed E-state index contributed by atoms with van der Waals surface area (Å²) in [6.45, 7) is -0.233. The van der Waals surface area contributed by atoms with Crippen LogP contribution in [0.15, 0.2) is 77.4 Å². The predicted octanol–water partition coefficient (Wildman–Crippen LogP) is 3.96. The molecular formula is C21H15FN4O3. The molecule has 2 heterocycles. The highest BCUT2D eigenvalue weighted by molar-refractivity contribution is 5.95. The van der Waals surface area contributed by atoms with Crippen LogP contribution in [0.5, 0.6) is 5.75 Å². The summed E-state index contributed by atoms with van der Waals surface area (Å²) in [5, 5.41) is 6.71. The lowest BCUT2D eigenvalue weighted by molar-refractivity contribution is -0.118. The quantitative estimate of drug-likeness (QED) is 0.536. The van der Waals surface area contributed by atoms with E-state index in [1.54, 1.807) is 42.6 Å². The maximum absolute atomic E-state index is 12.9. The van der Waals surface area contributed by atoms with Crippen molar-refractivity contribution >= 4 is 11.6 Å². The lowest BCUT2D eigenvalue weighted by Crippen LogP contribution is -2.20. The van der Waals surface area contributed by atoms with E-state index in [4.69, 9.17) is 9.26 Å².